The van der Waals surface area contributed by atoms with E-state index in [4.69, 9.17) is 9.26 Å². The van der Waals surface area contributed by atoms with Crippen LogP contribution >= 0.6 is 0 Å². The second kappa shape index (κ2) is 15.9. The molecule has 4 atom stereocenters. The largest absolute Gasteiger partial charge is 0.391 e. The summed E-state index contributed by atoms with van der Waals surface area (Å²) in [5.74, 6) is -3.50. The van der Waals surface area contributed by atoms with Gasteiger partial charge in [-0.05, 0) is 44.7 Å². The summed E-state index contributed by atoms with van der Waals surface area (Å²) >= 11 is 0. The number of amides is 4. The summed E-state index contributed by atoms with van der Waals surface area (Å²) < 4.78 is 25.2. The molecule has 1 aliphatic heterocycles. The van der Waals surface area contributed by atoms with E-state index >= 15 is 0 Å². The van der Waals surface area contributed by atoms with E-state index in [0.717, 1.165) is 0 Å². The molecule has 0 spiro atoms. The Bertz CT molecular complexity index is 1460. The van der Waals surface area contributed by atoms with E-state index in [1.165, 1.54) is 30.0 Å². The number of benzene rings is 1. The van der Waals surface area contributed by atoms with E-state index in [1.807, 2.05) is 19.9 Å². The van der Waals surface area contributed by atoms with Crippen molar-refractivity contribution in [3.63, 3.8) is 0 Å². The highest BCUT2D eigenvalue weighted by molar-refractivity contribution is 5.98. The van der Waals surface area contributed by atoms with E-state index in [1.54, 1.807) is 26.0 Å². The predicted octanol–water partition coefficient (Wildman–Crippen LogP) is 1.43. The van der Waals surface area contributed by atoms with E-state index in [9.17, 15) is 33.9 Å². The molecule has 13 nitrogen and oxygen atoms in total. The topological polar surface area (TPSA) is 187 Å². The van der Waals surface area contributed by atoms with Crippen molar-refractivity contribution in [1.29, 1.82) is 5.26 Å². The number of aliphatic hydroxyl groups is 1. The molecule has 1 aromatic carbocycles. The lowest BCUT2D eigenvalue weighted by molar-refractivity contribution is -0.133. The van der Waals surface area contributed by atoms with Gasteiger partial charge in [0.1, 0.15) is 29.5 Å². The Kier molecular flexibility index (Phi) is 12.3. The van der Waals surface area contributed by atoms with Crippen LogP contribution in [0, 0.1) is 36.9 Å². The lowest BCUT2D eigenvalue weighted by Crippen LogP contribution is -2.58. The second-order valence-corrected chi connectivity index (χ2v) is 11.3. The van der Waals surface area contributed by atoms with Crippen molar-refractivity contribution in [1.82, 2.24) is 26.0 Å². The summed E-state index contributed by atoms with van der Waals surface area (Å²) in [4.78, 5) is 53.4. The van der Waals surface area contributed by atoms with Crippen LogP contribution < -0.4 is 16.0 Å². The number of aromatic nitrogens is 1. The molecule has 2 aromatic rings. The molecule has 0 aliphatic carbocycles. The first-order chi connectivity index (χ1) is 21.3. The zero-order valence-electron chi connectivity index (χ0n) is 25.9. The molecule has 1 fully saturated rings. The van der Waals surface area contributed by atoms with Gasteiger partial charge in [0.25, 0.3) is 11.8 Å². The fraction of sp³-hybridized carbons (Fsp3) is 0.484. The molecule has 45 heavy (non-hydrogen) atoms. The molecule has 1 saturated heterocycles. The number of nitriles is 1. The van der Waals surface area contributed by atoms with E-state index < -0.39 is 53.7 Å². The molecule has 1 aliphatic rings. The van der Waals surface area contributed by atoms with Crippen molar-refractivity contribution in [3.8, 4) is 6.07 Å². The zero-order chi connectivity index (χ0) is 33.3. The Morgan fingerprint density at radius 2 is 1.93 bits per heavy atom. The molecule has 1 aromatic heterocycles. The number of allylic oxidation sites excluding steroid dienone is 1. The average Bonchev–Trinajstić information content (AvgIpc) is 3.64. The van der Waals surface area contributed by atoms with Gasteiger partial charge < -0.3 is 35.2 Å². The molecule has 242 valence electrons. The summed E-state index contributed by atoms with van der Waals surface area (Å²) in [7, 11) is 0. The number of aryl methyl sites for hydroxylation is 2. The SMILES string of the molecule is Cc1ccc(CNC(=O)[C@H](CO[C@H]2CCN(C(=O)/C(C#N)=C/C(C)C)C2)NC(=O)[C@@H](NC(=O)c2cc(C)no2)[C@@H](C)O)c(F)c1. The van der Waals surface area contributed by atoms with Crippen LogP contribution in [0.1, 0.15) is 54.6 Å². The normalized spacial score (nSPS) is 16.9. The number of nitrogens with zero attached hydrogens (tertiary/aromatic N) is 3. The van der Waals surface area contributed by atoms with Gasteiger partial charge in [0.05, 0.1) is 24.5 Å². The summed E-state index contributed by atoms with van der Waals surface area (Å²) in [6, 6.07) is 5.04. The highest BCUT2D eigenvalue weighted by atomic mass is 19.1. The number of halogens is 1. The van der Waals surface area contributed by atoms with E-state index in [2.05, 4.69) is 21.1 Å². The third kappa shape index (κ3) is 9.95. The Balaban J connectivity index is 1.71. The lowest BCUT2D eigenvalue weighted by atomic mass is 10.1. The van der Waals surface area contributed by atoms with Crippen molar-refractivity contribution in [3.05, 3.63) is 64.3 Å². The molecule has 4 amide bonds. The molecule has 14 heteroatoms. The van der Waals surface area contributed by atoms with Crippen LogP contribution in [-0.2, 0) is 25.7 Å². The summed E-state index contributed by atoms with van der Waals surface area (Å²) in [6.45, 7) is 8.31. The monoisotopic (exact) mass is 626 g/mol. The van der Waals surface area contributed by atoms with Gasteiger partial charge in [0.15, 0.2) is 0 Å². The molecule has 2 heterocycles. The predicted molar refractivity (Wildman–Crippen MR) is 159 cm³/mol. The van der Waals surface area contributed by atoms with Gasteiger partial charge in [-0.25, -0.2) is 4.39 Å². The van der Waals surface area contributed by atoms with Crippen LogP contribution in [0.5, 0.6) is 0 Å². The lowest BCUT2D eigenvalue weighted by Gasteiger charge is -2.25. The molecule has 0 saturated carbocycles. The van der Waals surface area contributed by atoms with E-state index in [-0.39, 0.29) is 42.5 Å². The Morgan fingerprint density at radius 1 is 1.20 bits per heavy atom. The minimum absolute atomic E-state index is 0.00429. The minimum Gasteiger partial charge on any atom is -0.391 e. The first-order valence-electron chi connectivity index (χ1n) is 14.6. The molecule has 3 rings (SSSR count). The average molecular weight is 627 g/mol. The number of nitrogens with one attached hydrogen (secondary N) is 3. The Morgan fingerprint density at radius 3 is 2.53 bits per heavy atom. The van der Waals surface area contributed by atoms with Crippen molar-refractivity contribution < 1.29 is 37.9 Å². The number of rotatable bonds is 13. The van der Waals surface area contributed by atoms with Crippen molar-refractivity contribution in [2.45, 2.75) is 71.9 Å². The highest BCUT2D eigenvalue weighted by Gasteiger charge is 2.33. The fourth-order valence-corrected chi connectivity index (χ4v) is 4.57. The molecular weight excluding hydrogens is 587 g/mol. The number of carbonyl (C=O) groups excluding carboxylic acids is 4. The number of hydrogen-bond acceptors (Lipinski definition) is 9. The molecule has 0 radical (unpaired) electrons. The van der Waals surface area contributed by atoms with Gasteiger partial charge in [-0.15, -0.1) is 0 Å². The van der Waals surface area contributed by atoms with Crippen LogP contribution in [0.25, 0.3) is 0 Å². The second-order valence-electron chi connectivity index (χ2n) is 11.3. The van der Waals surface area contributed by atoms with Crippen LogP contribution in [0.4, 0.5) is 4.39 Å². The molecule has 0 unspecified atom stereocenters. The maximum Gasteiger partial charge on any atom is 0.290 e. The Hall–Kier alpha value is -4.61. The van der Waals surface area contributed by atoms with Crippen molar-refractivity contribution in [2.24, 2.45) is 5.92 Å². The zero-order valence-corrected chi connectivity index (χ0v) is 25.9. The van der Waals surface area contributed by atoms with Crippen molar-refractivity contribution >= 4 is 23.6 Å². The smallest absolute Gasteiger partial charge is 0.290 e. The third-order valence-electron chi connectivity index (χ3n) is 6.98. The van der Waals surface area contributed by atoms with Gasteiger partial charge >= 0.3 is 0 Å². The van der Waals surface area contributed by atoms with Gasteiger partial charge in [-0.1, -0.05) is 37.2 Å². The highest BCUT2D eigenvalue weighted by Crippen LogP contribution is 2.17. The van der Waals surface area contributed by atoms with Crippen LogP contribution in [0.15, 0.2) is 40.4 Å². The van der Waals surface area contributed by atoms with Gasteiger partial charge in [-0.3, -0.25) is 19.2 Å². The molecule has 0 bridgehead atoms. The van der Waals surface area contributed by atoms with Crippen molar-refractivity contribution in [2.75, 3.05) is 19.7 Å². The van der Waals surface area contributed by atoms with Crippen LogP contribution in [0.2, 0.25) is 0 Å². The quantitative estimate of drug-likeness (QED) is 0.188. The fourth-order valence-electron chi connectivity index (χ4n) is 4.57. The van der Waals surface area contributed by atoms with Gasteiger partial charge in [-0.2, -0.15) is 5.26 Å². The summed E-state index contributed by atoms with van der Waals surface area (Å²) in [5.41, 5.74) is 1.40. The van der Waals surface area contributed by atoms with E-state index in [0.29, 0.717) is 24.2 Å². The number of hydrogen-bond donors (Lipinski definition) is 4. The first kappa shape index (κ1) is 34.9. The number of ether oxygens (including phenoxy) is 1. The van der Waals surface area contributed by atoms with Crippen LogP contribution in [-0.4, -0.2) is 82.8 Å². The van der Waals surface area contributed by atoms with Gasteiger partial charge in [0.2, 0.25) is 17.6 Å². The summed E-state index contributed by atoms with van der Waals surface area (Å²) in [5, 5.41) is 30.8. The number of aliphatic hydroxyl groups excluding tert-OH is 1. The standard InChI is InChI=1S/C31H39FN6O7/c1-17(2)10-22(13-33)31(43)38-9-8-23(15-38)44-16-25(28(40)34-14-21-7-6-18(3)11-24(21)32)35-30(42)27(20(5)39)36-29(41)26-12-19(4)37-45-26/h6-7,10-12,17,20,23,25,27,39H,8-9,14-16H2,1-5H3,(H,34,40)(H,35,42)(H,36,41)/b22-10+/t20-,23+,25+,27+/m1/s1. The van der Waals surface area contributed by atoms with Gasteiger partial charge in [0, 0.05) is 31.3 Å². The third-order valence-corrected chi connectivity index (χ3v) is 6.98. The number of likely N-dealkylation sites (tertiary alicyclic amines) is 1. The first-order valence-corrected chi connectivity index (χ1v) is 14.6. The minimum atomic E-state index is -1.48. The maximum atomic E-state index is 14.4. The summed E-state index contributed by atoms with van der Waals surface area (Å²) in [6.07, 6.45) is 0.138. The number of carbonyl (C=O) groups is 4. The molecule has 4 N–H and O–H groups in total. The maximum absolute atomic E-state index is 14.4. The molecular formula is C31H39FN6O7. The Labute approximate surface area is 260 Å². The van der Waals surface area contributed by atoms with Crippen LogP contribution in [0.3, 0.4) is 0 Å².